The molecule has 4 nitrogen and oxygen atoms in total. The van der Waals surface area contributed by atoms with Gasteiger partial charge in [-0.25, -0.2) is 0 Å². The lowest BCUT2D eigenvalue weighted by Gasteiger charge is -2.22. The number of carbonyl (C=O) groups excluding carboxylic acids is 2. The molecule has 0 fully saturated rings. The van der Waals surface area contributed by atoms with Gasteiger partial charge in [-0.15, -0.1) is 0 Å². The minimum Gasteiger partial charge on any atom is -0.455 e. The first-order chi connectivity index (χ1) is 12.0. The number of anilines is 1. The third-order valence-electron chi connectivity index (χ3n) is 4.72. The van der Waals surface area contributed by atoms with E-state index < -0.39 is 11.4 Å². The highest BCUT2D eigenvalue weighted by atomic mass is 16.5. The molecule has 25 heavy (non-hydrogen) atoms. The van der Waals surface area contributed by atoms with Crippen LogP contribution in [0.3, 0.4) is 0 Å². The summed E-state index contributed by atoms with van der Waals surface area (Å²) in [7, 11) is 0. The summed E-state index contributed by atoms with van der Waals surface area (Å²) in [6.07, 6.45) is 3.33. The SMILES string of the molecule is CC(C)(C(=O)OCC(=O)Nc1ccc2c(c1)CCC2)c1ccccc1. The number of carbonyl (C=O) groups is 2. The van der Waals surface area contributed by atoms with Crippen molar-refractivity contribution < 1.29 is 14.3 Å². The number of benzene rings is 2. The van der Waals surface area contributed by atoms with Gasteiger partial charge in [0.2, 0.25) is 0 Å². The molecular formula is C21H23NO3. The second kappa shape index (κ2) is 7.09. The van der Waals surface area contributed by atoms with Crippen LogP contribution in [-0.4, -0.2) is 18.5 Å². The summed E-state index contributed by atoms with van der Waals surface area (Å²) < 4.78 is 5.24. The maximum absolute atomic E-state index is 12.4. The Morgan fingerprint density at radius 1 is 1.04 bits per heavy atom. The normalized spacial score (nSPS) is 13.2. The van der Waals surface area contributed by atoms with Gasteiger partial charge in [0.15, 0.2) is 6.61 Å². The number of aryl methyl sites for hydroxylation is 2. The Hall–Kier alpha value is -2.62. The third kappa shape index (κ3) is 3.90. The van der Waals surface area contributed by atoms with Gasteiger partial charge < -0.3 is 10.1 Å². The van der Waals surface area contributed by atoms with Crippen molar-refractivity contribution in [2.75, 3.05) is 11.9 Å². The first kappa shape index (κ1) is 17.2. The molecule has 0 bridgehead atoms. The maximum Gasteiger partial charge on any atom is 0.316 e. The molecule has 2 aromatic rings. The van der Waals surface area contributed by atoms with Crippen LogP contribution in [0.15, 0.2) is 48.5 Å². The highest BCUT2D eigenvalue weighted by Gasteiger charge is 2.31. The smallest absolute Gasteiger partial charge is 0.316 e. The molecule has 1 aliphatic carbocycles. The average molecular weight is 337 g/mol. The van der Waals surface area contributed by atoms with Crippen LogP contribution in [0.2, 0.25) is 0 Å². The zero-order chi connectivity index (χ0) is 17.9. The van der Waals surface area contributed by atoms with E-state index in [4.69, 9.17) is 4.74 Å². The van der Waals surface area contributed by atoms with Crippen molar-refractivity contribution in [2.24, 2.45) is 0 Å². The van der Waals surface area contributed by atoms with Gasteiger partial charge in [0.1, 0.15) is 0 Å². The molecule has 0 aliphatic heterocycles. The lowest BCUT2D eigenvalue weighted by Crippen LogP contribution is -2.33. The van der Waals surface area contributed by atoms with E-state index in [2.05, 4.69) is 11.4 Å². The molecule has 2 aromatic carbocycles. The molecule has 4 heteroatoms. The van der Waals surface area contributed by atoms with E-state index in [0.29, 0.717) is 0 Å². The minimum atomic E-state index is -0.797. The van der Waals surface area contributed by atoms with Crippen LogP contribution in [-0.2, 0) is 32.6 Å². The summed E-state index contributed by atoms with van der Waals surface area (Å²) in [5.41, 5.74) is 3.46. The number of fused-ring (bicyclic) bond motifs is 1. The summed E-state index contributed by atoms with van der Waals surface area (Å²) in [6, 6.07) is 15.4. The summed E-state index contributed by atoms with van der Waals surface area (Å²) in [4.78, 5) is 24.5. The van der Waals surface area contributed by atoms with Crippen LogP contribution in [0.1, 0.15) is 37.0 Å². The van der Waals surface area contributed by atoms with E-state index in [1.165, 1.54) is 17.5 Å². The fourth-order valence-electron chi connectivity index (χ4n) is 3.13. The van der Waals surface area contributed by atoms with Gasteiger partial charge in [0, 0.05) is 5.69 Å². The summed E-state index contributed by atoms with van der Waals surface area (Å²) >= 11 is 0. The van der Waals surface area contributed by atoms with E-state index in [-0.39, 0.29) is 12.5 Å². The molecule has 0 saturated carbocycles. The second-order valence-electron chi connectivity index (χ2n) is 6.95. The molecule has 1 aliphatic rings. The van der Waals surface area contributed by atoms with E-state index in [1.54, 1.807) is 13.8 Å². The first-order valence-corrected chi connectivity index (χ1v) is 8.61. The number of rotatable bonds is 5. The Balaban J connectivity index is 1.56. The molecule has 0 radical (unpaired) electrons. The monoisotopic (exact) mass is 337 g/mol. The summed E-state index contributed by atoms with van der Waals surface area (Å²) in [5.74, 6) is -0.738. The lowest BCUT2D eigenvalue weighted by molar-refractivity contribution is -0.152. The highest BCUT2D eigenvalue weighted by Crippen LogP contribution is 2.26. The fourth-order valence-corrected chi connectivity index (χ4v) is 3.13. The van der Waals surface area contributed by atoms with Gasteiger partial charge >= 0.3 is 5.97 Å². The van der Waals surface area contributed by atoms with Crippen LogP contribution < -0.4 is 5.32 Å². The Kier molecular flexibility index (Phi) is 4.88. The number of hydrogen-bond donors (Lipinski definition) is 1. The molecule has 0 heterocycles. The predicted octanol–water partition coefficient (Wildman–Crippen LogP) is 3.63. The molecule has 0 spiro atoms. The zero-order valence-corrected chi connectivity index (χ0v) is 14.7. The maximum atomic E-state index is 12.4. The van der Waals surface area contributed by atoms with E-state index >= 15 is 0 Å². The number of amides is 1. The number of ether oxygens (including phenoxy) is 1. The minimum absolute atomic E-state index is 0.286. The Bertz CT molecular complexity index is 781. The van der Waals surface area contributed by atoms with Gasteiger partial charge in [-0.2, -0.15) is 0 Å². The molecule has 0 aromatic heterocycles. The highest BCUT2D eigenvalue weighted by molar-refractivity contribution is 5.93. The zero-order valence-electron chi connectivity index (χ0n) is 14.7. The van der Waals surface area contributed by atoms with Crippen molar-refractivity contribution in [3.63, 3.8) is 0 Å². The van der Waals surface area contributed by atoms with Crippen molar-refractivity contribution in [3.8, 4) is 0 Å². The summed E-state index contributed by atoms with van der Waals surface area (Å²) in [6.45, 7) is 3.30. The summed E-state index contributed by atoms with van der Waals surface area (Å²) in [5, 5.41) is 2.80. The molecule has 1 amide bonds. The Morgan fingerprint density at radius 3 is 2.52 bits per heavy atom. The van der Waals surface area contributed by atoms with E-state index in [9.17, 15) is 9.59 Å². The van der Waals surface area contributed by atoms with Crippen molar-refractivity contribution in [2.45, 2.75) is 38.5 Å². The quantitative estimate of drug-likeness (QED) is 0.848. The Labute approximate surface area is 148 Å². The molecule has 1 N–H and O–H groups in total. The van der Waals surface area contributed by atoms with Crippen molar-refractivity contribution in [1.82, 2.24) is 0 Å². The fraction of sp³-hybridized carbons (Fsp3) is 0.333. The van der Waals surface area contributed by atoms with Crippen LogP contribution in [0.4, 0.5) is 5.69 Å². The largest absolute Gasteiger partial charge is 0.455 e. The molecule has 130 valence electrons. The molecule has 3 rings (SSSR count). The van der Waals surface area contributed by atoms with Gasteiger partial charge in [0.25, 0.3) is 5.91 Å². The first-order valence-electron chi connectivity index (χ1n) is 8.61. The number of nitrogens with one attached hydrogen (secondary N) is 1. The third-order valence-corrected chi connectivity index (χ3v) is 4.72. The lowest BCUT2D eigenvalue weighted by atomic mass is 9.85. The molecule has 0 saturated heterocycles. The van der Waals surface area contributed by atoms with Crippen LogP contribution in [0.25, 0.3) is 0 Å². The molecule has 0 atom stereocenters. The van der Waals surface area contributed by atoms with Gasteiger partial charge in [-0.05, 0) is 61.9 Å². The average Bonchev–Trinajstić information content (AvgIpc) is 3.08. The topological polar surface area (TPSA) is 55.4 Å². The van der Waals surface area contributed by atoms with Crippen molar-refractivity contribution in [1.29, 1.82) is 0 Å². The van der Waals surface area contributed by atoms with Gasteiger partial charge in [0.05, 0.1) is 5.41 Å². The van der Waals surface area contributed by atoms with Crippen LogP contribution in [0.5, 0.6) is 0 Å². The number of esters is 1. The van der Waals surface area contributed by atoms with Crippen LogP contribution in [0, 0.1) is 0 Å². The van der Waals surface area contributed by atoms with Crippen LogP contribution >= 0.6 is 0 Å². The Morgan fingerprint density at radius 2 is 1.76 bits per heavy atom. The molecule has 0 unspecified atom stereocenters. The van der Waals surface area contributed by atoms with E-state index in [0.717, 1.165) is 24.1 Å². The van der Waals surface area contributed by atoms with Crippen molar-refractivity contribution in [3.05, 3.63) is 65.2 Å². The second-order valence-corrected chi connectivity index (χ2v) is 6.95. The van der Waals surface area contributed by atoms with Crippen molar-refractivity contribution >= 4 is 17.6 Å². The standard InChI is InChI=1S/C21H23NO3/c1-21(2,17-9-4-3-5-10-17)20(24)25-14-19(23)22-18-12-11-15-7-6-8-16(15)13-18/h3-5,9-13H,6-8,14H2,1-2H3,(H,22,23). The molecular weight excluding hydrogens is 314 g/mol. The number of hydrogen-bond acceptors (Lipinski definition) is 3. The van der Waals surface area contributed by atoms with Gasteiger partial charge in [-0.1, -0.05) is 36.4 Å². The predicted molar refractivity (Wildman–Crippen MR) is 97.5 cm³/mol. The van der Waals surface area contributed by atoms with E-state index in [1.807, 2.05) is 42.5 Å². The van der Waals surface area contributed by atoms with Gasteiger partial charge in [-0.3, -0.25) is 9.59 Å².